The Labute approximate surface area is 203 Å². The fraction of sp³-hybridized carbons (Fsp3) is 0.417. The maximum absolute atomic E-state index is 13.2. The van der Waals surface area contributed by atoms with Gasteiger partial charge < -0.3 is 4.74 Å². The maximum Gasteiger partial charge on any atom is 0.228 e. The lowest BCUT2D eigenvalue weighted by atomic mass is 10.2. The van der Waals surface area contributed by atoms with E-state index in [4.69, 9.17) is 9.72 Å². The van der Waals surface area contributed by atoms with E-state index >= 15 is 0 Å². The van der Waals surface area contributed by atoms with Crippen LogP contribution in [-0.2, 0) is 19.4 Å². The number of nitrogens with zero attached hydrogens (tertiary/aromatic N) is 2. The number of hydrogen-bond donors (Lipinski definition) is 0. The van der Waals surface area contributed by atoms with Gasteiger partial charge in [0.05, 0.1) is 33.5 Å². The van der Waals surface area contributed by atoms with Gasteiger partial charge in [-0.05, 0) is 62.8 Å². The third kappa shape index (κ3) is 5.95. The van der Waals surface area contributed by atoms with Crippen LogP contribution in [0.3, 0.4) is 0 Å². The number of fused-ring (bicyclic) bond motifs is 1. The Balaban J connectivity index is 1.48. The smallest absolute Gasteiger partial charge is 0.228 e. The van der Waals surface area contributed by atoms with Crippen LogP contribution in [0.25, 0.3) is 10.2 Å². The van der Waals surface area contributed by atoms with E-state index < -0.39 is 9.84 Å². The molecule has 9 heteroatoms. The Hall–Kier alpha value is -1.94. The van der Waals surface area contributed by atoms with Crippen molar-refractivity contribution in [1.82, 2.24) is 4.98 Å². The number of benzene rings is 2. The van der Waals surface area contributed by atoms with Gasteiger partial charge in [0.1, 0.15) is 0 Å². The van der Waals surface area contributed by atoms with Crippen molar-refractivity contribution in [2.75, 3.05) is 30.1 Å². The molecule has 3 aromatic rings. The molecule has 2 heterocycles. The summed E-state index contributed by atoms with van der Waals surface area (Å²) in [7, 11) is -3.42. The Bertz CT molecular complexity index is 1220. The minimum absolute atomic E-state index is 0.0148. The molecule has 0 N–H and O–H groups in total. The molecule has 0 spiro atoms. The third-order valence-electron chi connectivity index (χ3n) is 5.71. The molecule has 1 aromatic heterocycles. The average Bonchev–Trinajstić information content (AvgIpc) is 3.46. The van der Waals surface area contributed by atoms with Crippen LogP contribution in [0.5, 0.6) is 0 Å². The lowest BCUT2D eigenvalue weighted by Crippen LogP contribution is -2.37. The molecule has 0 radical (unpaired) electrons. The fourth-order valence-electron chi connectivity index (χ4n) is 3.83. The number of thiazole rings is 1. The number of ether oxygens (including phenoxy) is 1. The zero-order chi connectivity index (χ0) is 23.4. The topological polar surface area (TPSA) is 76.6 Å². The molecule has 1 fully saturated rings. The minimum atomic E-state index is -3.42. The standard InChI is InChI=1S/C24H28N2O4S3/c1-17-7-10-20(11-8-17)33(28,29)14-4-6-23(27)26(16-18-5-3-13-30-18)24-25-21-12-9-19(31-2)15-22(21)32-24/h7-12,15,18H,3-6,13-14,16H2,1-2H3. The minimum Gasteiger partial charge on any atom is -0.376 e. The summed E-state index contributed by atoms with van der Waals surface area (Å²) < 4.78 is 32.1. The Morgan fingerprint density at radius 3 is 2.73 bits per heavy atom. The number of amides is 1. The van der Waals surface area contributed by atoms with Crippen LogP contribution in [0.1, 0.15) is 31.2 Å². The van der Waals surface area contributed by atoms with Crippen molar-refractivity contribution in [2.24, 2.45) is 0 Å². The number of hydrogen-bond acceptors (Lipinski definition) is 7. The maximum atomic E-state index is 13.2. The molecule has 1 aliphatic heterocycles. The van der Waals surface area contributed by atoms with Crippen molar-refractivity contribution in [3.63, 3.8) is 0 Å². The van der Waals surface area contributed by atoms with Gasteiger partial charge in [0.25, 0.3) is 0 Å². The first-order valence-electron chi connectivity index (χ1n) is 11.0. The summed E-state index contributed by atoms with van der Waals surface area (Å²) >= 11 is 3.16. The normalized spacial score (nSPS) is 16.4. The quantitative estimate of drug-likeness (QED) is 0.378. The molecule has 0 saturated carbocycles. The van der Waals surface area contributed by atoms with Gasteiger partial charge in [-0.25, -0.2) is 13.4 Å². The third-order valence-corrected chi connectivity index (χ3v) is 9.29. The molecular formula is C24H28N2O4S3. The summed E-state index contributed by atoms with van der Waals surface area (Å²) in [6, 6.07) is 12.9. The van der Waals surface area contributed by atoms with Crippen LogP contribution in [-0.4, -0.2) is 50.6 Å². The number of carbonyl (C=O) groups excluding carboxylic acids is 1. The van der Waals surface area contributed by atoms with Crippen molar-refractivity contribution in [1.29, 1.82) is 0 Å². The summed E-state index contributed by atoms with van der Waals surface area (Å²) in [4.78, 5) is 21.1. The second kappa shape index (κ2) is 10.5. The largest absolute Gasteiger partial charge is 0.376 e. The lowest BCUT2D eigenvalue weighted by Gasteiger charge is -2.23. The molecule has 33 heavy (non-hydrogen) atoms. The van der Waals surface area contributed by atoms with Gasteiger partial charge >= 0.3 is 0 Å². The summed E-state index contributed by atoms with van der Waals surface area (Å²) in [5.41, 5.74) is 1.87. The van der Waals surface area contributed by atoms with Crippen molar-refractivity contribution in [2.45, 2.75) is 48.5 Å². The Morgan fingerprint density at radius 2 is 2.03 bits per heavy atom. The molecule has 0 bridgehead atoms. The predicted molar refractivity (Wildman–Crippen MR) is 135 cm³/mol. The number of aromatic nitrogens is 1. The van der Waals surface area contributed by atoms with Crippen LogP contribution in [0.15, 0.2) is 52.3 Å². The molecule has 2 aromatic carbocycles. The molecule has 6 nitrogen and oxygen atoms in total. The van der Waals surface area contributed by atoms with Gasteiger partial charge in [0, 0.05) is 17.9 Å². The zero-order valence-corrected chi connectivity index (χ0v) is 21.3. The van der Waals surface area contributed by atoms with E-state index in [0.717, 1.165) is 33.5 Å². The van der Waals surface area contributed by atoms with E-state index in [-0.39, 0.29) is 30.6 Å². The number of rotatable bonds is 9. The average molecular weight is 505 g/mol. The number of carbonyl (C=O) groups is 1. The van der Waals surface area contributed by atoms with Gasteiger partial charge in [-0.15, -0.1) is 11.8 Å². The fourth-order valence-corrected chi connectivity index (χ4v) is 6.68. The summed E-state index contributed by atoms with van der Waals surface area (Å²) in [5, 5.41) is 0.644. The van der Waals surface area contributed by atoms with Crippen molar-refractivity contribution >= 4 is 54.2 Å². The molecule has 4 rings (SSSR count). The van der Waals surface area contributed by atoms with Crippen molar-refractivity contribution in [3.05, 3.63) is 48.0 Å². The predicted octanol–water partition coefficient (Wildman–Crippen LogP) is 5.09. The lowest BCUT2D eigenvalue weighted by molar-refractivity contribution is -0.119. The van der Waals surface area contributed by atoms with Gasteiger partial charge in [-0.2, -0.15) is 0 Å². The van der Waals surface area contributed by atoms with Crippen molar-refractivity contribution in [3.8, 4) is 0 Å². The second-order valence-corrected chi connectivity index (χ2v) is 12.2. The van der Waals surface area contributed by atoms with E-state index in [1.807, 2.05) is 25.3 Å². The first kappa shape index (κ1) is 24.2. The highest BCUT2D eigenvalue weighted by atomic mass is 32.2. The number of aryl methyl sites for hydroxylation is 1. The van der Waals surface area contributed by atoms with E-state index in [2.05, 4.69) is 6.07 Å². The molecule has 1 aliphatic rings. The number of thioether (sulfide) groups is 1. The number of sulfone groups is 1. The van der Waals surface area contributed by atoms with E-state index in [1.165, 1.54) is 11.3 Å². The van der Waals surface area contributed by atoms with Gasteiger partial charge in [0.2, 0.25) is 5.91 Å². The molecule has 176 valence electrons. The molecule has 1 unspecified atom stereocenters. The van der Waals surface area contributed by atoms with Gasteiger partial charge in [0.15, 0.2) is 15.0 Å². The highest BCUT2D eigenvalue weighted by Crippen LogP contribution is 2.33. The molecule has 0 aliphatic carbocycles. The van der Waals surface area contributed by atoms with Crippen LogP contribution < -0.4 is 4.90 Å². The van der Waals surface area contributed by atoms with E-state index in [1.54, 1.807) is 40.9 Å². The Morgan fingerprint density at radius 1 is 1.24 bits per heavy atom. The van der Waals surface area contributed by atoms with Crippen LogP contribution in [0.2, 0.25) is 0 Å². The summed E-state index contributed by atoms with van der Waals surface area (Å²) in [5.74, 6) is -0.180. The summed E-state index contributed by atoms with van der Waals surface area (Å²) in [6.07, 6.45) is 4.31. The van der Waals surface area contributed by atoms with Crippen LogP contribution >= 0.6 is 23.1 Å². The van der Waals surface area contributed by atoms with Gasteiger partial charge in [-0.1, -0.05) is 29.0 Å². The first-order chi connectivity index (χ1) is 15.9. The van der Waals surface area contributed by atoms with Gasteiger partial charge in [-0.3, -0.25) is 9.69 Å². The molecule has 1 amide bonds. The van der Waals surface area contributed by atoms with E-state index in [0.29, 0.717) is 23.2 Å². The molecule has 1 saturated heterocycles. The van der Waals surface area contributed by atoms with Crippen LogP contribution in [0.4, 0.5) is 5.13 Å². The molecular weight excluding hydrogens is 476 g/mol. The SMILES string of the molecule is CSc1ccc2nc(N(CC3CCCO3)C(=O)CCCS(=O)(=O)c3ccc(C)cc3)sc2c1. The summed E-state index contributed by atoms with van der Waals surface area (Å²) in [6.45, 7) is 3.07. The molecule has 1 atom stereocenters. The second-order valence-electron chi connectivity index (χ2n) is 8.20. The first-order valence-corrected chi connectivity index (χ1v) is 14.7. The number of anilines is 1. The highest BCUT2D eigenvalue weighted by Gasteiger charge is 2.26. The van der Waals surface area contributed by atoms with Crippen molar-refractivity contribution < 1.29 is 17.9 Å². The zero-order valence-electron chi connectivity index (χ0n) is 18.8. The van der Waals surface area contributed by atoms with Crippen LogP contribution in [0, 0.1) is 6.92 Å². The highest BCUT2D eigenvalue weighted by molar-refractivity contribution is 7.98. The van der Waals surface area contributed by atoms with E-state index in [9.17, 15) is 13.2 Å². The monoisotopic (exact) mass is 504 g/mol. The Kier molecular flexibility index (Phi) is 7.73.